The fraction of sp³-hybridized carbons (Fsp3) is 0.800. The van der Waals surface area contributed by atoms with E-state index in [-0.39, 0.29) is 36.2 Å². The minimum absolute atomic E-state index is 0. The Balaban J connectivity index is -0.000000491. The van der Waals surface area contributed by atoms with E-state index in [0.717, 1.165) is 11.9 Å². The van der Waals surface area contributed by atoms with Gasteiger partial charge in [-0.15, -0.1) is 12.4 Å². The van der Waals surface area contributed by atoms with Gasteiger partial charge in [-0.3, -0.25) is 14.5 Å². The van der Waals surface area contributed by atoms with Crippen LogP contribution in [0.25, 0.3) is 0 Å². The van der Waals surface area contributed by atoms with Crippen molar-refractivity contribution in [3.63, 3.8) is 0 Å². The highest BCUT2D eigenvalue weighted by atomic mass is 35.5. The summed E-state index contributed by atoms with van der Waals surface area (Å²) in [5.74, 6) is -1.14. The standard InChI is InChI=1S/C9H15F3N2O3.C6H14N2O.ClH/c1-5(2)6(7(13)15)14(3)8(16)17-4-9(10,11)12;1-4(2)5(8-3)6(7)9;/h5-6H,4H2,1-3H3,(H2,13,15);4-5,8H,1-3H3,(H2,7,9);1H/t6-;5-;/m00./s1. The molecule has 0 aromatic heterocycles. The molecule has 0 saturated heterocycles. The number of nitrogens with two attached hydrogens (primary N) is 2. The van der Waals surface area contributed by atoms with Gasteiger partial charge in [-0.05, 0) is 18.9 Å². The fourth-order valence-corrected chi connectivity index (χ4v) is 2.13. The van der Waals surface area contributed by atoms with Gasteiger partial charge in [0.1, 0.15) is 6.04 Å². The Bertz CT molecular complexity index is 476. The lowest BCUT2D eigenvalue weighted by Gasteiger charge is -2.27. The summed E-state index contributed by atoms with van der Waals surface area (Å²) in [6.45, 7) is 5.43. The number of halogens is 4. The van der Waals surface area contributed by atoms with Gasteiger partial charge in [0.15, 0.2) is 6.61 Å². The van der Waals surface area contributed by atoms with E-state index in [4.69, 9.17) is 11.5 Å². The van der Waals surface area contributed by atoms with Gasteiger partial charge in [-0.1, -0.05) is 27.7 Å². The highest BCUT2D eigenvalue weighted by molar-refractivity contribution is 5.85. The lowest BCUT2D eigenvalue weighted by atomic mass is 10.0. The molecule has 0 rings (SSSR count). The zero-order valence-corrected chi connectivity index (χ0v) is 17.1. The fourth-order valence-electron chi connectivity index (χ4n) is 2.13. The van der Waals surface area contributed by atoms with Crippen molar-refractivity contribution < 1.29 is 32.3 Å². The molecule has 8 nitrogen and oxygen atoms in total. The predicted molar refractivity (Wildman–Crippen MR) is 97.1 cm³/mol. The van der Waals surface area contributed by atoms with Gasteiger partial charge in [0.05, 0.1) is 6.04 Å². The third kappa shape index (κ3) is 13.1. The molecular formula is C15H30ClF3N4O4. The second-order valence-electron chi connectivity index (χ2n) is 6.28. The summed E-state index contributed by atoms with van der Waals surface area (Å²) >= 11 is 0. The second-order valence-corrected chi connectivity index (χ2v) is 6.28. The molecular weight excluding hydrogens is 393 g/mol. The Morgan fingerprint density at radius 2 is 1.48 bits per heavy atom. The van der Waals surface area contributed by atoms with Crippen LogP contribution in [0.3, 0.4) is 0 Å². The number of carbonyl (C=O) groups is 3. The average molecular weight is 423 g/mol. The van der Waals surface area contributed by atoms with Gasteiger partial charge in [-0.25, -0.2) is 4.79 Å². The van der Waals surface area contributed by atoms with Crippen LogP contribution < -0.4 is 16.8 Å². The SMILES string of the molecule is CC(C)[C@@H](C(N)=O)N(C)C(=O)OCC(F)(F)F.CN[C@H](C(N)=O)C(C)C.Cl. The van der Waals surface area contributed by atoms with Crippen molar-refractivity contribution in [2.75, 3.05) is 20.7 Å². The minimum Gasteiger partial charge on any atom is -0.440 e. The first-order chi connectivity index (χ1) is 11.7. The van der Waals surface area contributed by atoms with Gasteiger partial charge in [0, 0.05) is 7.05 Å². The van der Waals surface area contributed by atoms with E-state index in [1.54, 1.807) is 20.9 Å². The van der Waals surface area contributed by atoms with E-state index in [2.05, 4.69) is 10.1 Å². The molecule has 27 heavy (non-hydrogen) atoms. The van der Waals surface area contributed by atoms with Crippen molar-refractivity contribution in [3.8, 4) is 0 Å². The third-order valence-corrected chi connectivity index (χ3v) is 3.27. The van der Waals surface area contributed by atoms with Crippen LogP contribution in [-0.4, -0.2) is 61.8 Å². The van der Waals surface area contributed by atoms with Gasteiger partial charge in [0.25, 0.3) is 0 Å². The number of hydrogen-bond donors (Lipinski definition) is 3. The van der Waals surface area contributed by atoms with Crippen LogP contribution in [-0.2, 0) is 14.3 Å². The topological polar surface area (TPSA) is 128 Å². The van der Waals surface area contributed by atoms with Crippen LogP contribution in [0.2, 0.25) is 0 Å². The van der Waals surface area contributed by atoms with Gasteiger partial charge in [-0.2, -0.15) is 13.2 Å². The quantitative estimate of drug-likeness (QED) is 0.569. The maximum atomic E-state index is 11.8. The van der Waals surface area contributed by atoms with Crippen LogP contribution in [0.5, 0.6) is 0 Å². The van der Waals surface area contributed by atoms with Crippen LogP contribution in [0.1, 0.15) is 27.7 Å². The summed E-state index contributed by atoms with van der Waals surface area (Å²) in [5.41, 5.74) is 10.1. The normalized spacial score (nSPS) is 13.0. The Morgan fingerprint density at radius 3 is 1.67 bits per heavy atom. The molecule has 0 aliphatic heterocycles. The molecule has 0 unspecified atom stereocenters. The largest absolute Gasteiger partial charge is 0.440 e. The number of carbonyl (C=O) groups excluding carboxylic acids is 3. The molecule has 0 heterocycles. The molecule has 0 aromatic rings. The number of nitrogens with one attached hydrogen (secondary N) is 1. The minimum atomic E-state index is -4.60. The summed E-state index contributed by atoms with van der Waals surface area (Å²) in [6.07, 6.45) is -5.84. The van der Waals surface area contributed by atoms with Gasteiger partial charge >= 0.3 is 12.3 Å². The molecule has 0 bridgehead atoms. The summed E-state index contributed by atoms with van der Waals surface area (Å²) in [6, 6.07) is -1.19. The van der Waals surface area contributed by atoms with Gasteiger partial charge < -0.3 is 21.5 Å². The zero-order chi connectivity index (χ0) is 21.2. The Labute approximate surface area is 163 Å². The number of ether oxygens (including phenoxy) is 1. The molecule has 0 aromatic carbocycles. The Kier molecular flexibility index (Phi) is 14.9. The maximum Gasteiger partial charge on any atom is 0.422 e. The number of amides is 3. The number of primary amides is 2. The molecule has 162 valence electrons. The molecule has 0 fully saturated rings. The molecule has 0 aliphatic carbocycles. The smallest absolute Gasteiger partial charge is 0.422 e. The summed E-state index contributed by atoms with van der Waals surface area (Å²) in [4.78, 5) is 33.6. The van der Waals surface area contributed by atoms with Crippen molar-refractivity contribution in [2.24, 2.45) is 23.3 Å². The lowest BCUT2D eigenvalue weighted by molar-refractivity contribution is -0.162. The molecule has 5 N–H and O–H groups in total. The first kappa shape index (κ1) is 30.0. The van der Waals surface area contributed by atoms with E-state index in [0.29, 0.717) is 0 Å². The Hall–Kier alpha value is -1.75. The van der Waals surface area contributed by atoms with Crippen LogP contribution in [0, 0.1) is 11.8 Å². The number of likely N-dealkylation sites (N-methyl/N-ethyl adjacent to an activating group) is 2. The van der Waals surface area contributed by atoms with E-state index < -0.39 is 30.8 Å². The van der Waals surface area contributed by atoms with Crippen molar-refractivity contribution >= 4 is 30.3 Å². The maximum absolute atomic E-state index is 11.8. The molecule has 0 aliphatic rings. The van der Waals surface area contributed by atoms with E-state index >= 15 is 0 Å². The Morgan fingerprint density at radius 1 is 1.04 bits per heavy atom. The van der Waals surface area contributed by atoms with Crippen molar-refractivity contribution in [2.45, 2.75) is 46.0 Å². The van der Waals surface area contributed by atoms with Crippen LogP contribution in [0.15, 0.2) is 0 Å². The van der Waals surface area contributed by atoms with Crippen LogP contribution in [0.4, 0.5) is 18.0 Å². The molecule has 3 amide bonds. The summed E-state index contributed by atoms with van der Waals surface area (Å²) < 4.78 is 39.4. The third-order valence-electron chi connectivity index (χ3n) is 3.27. The monoisotopic (exact) mass is 422 g/mol. The first-order valence-corrected chi connectivity index (χ1v) is 7.87. The highest BCUT2D eigenvalue weighted by Gasteiger charge is 2.33. The number of hydrogen-bond acceptors (Lipinski definition) is 5. The lowest BCUT2D eigenvalue weighted by Crippen LogP contribution is -2.49. The van der Waals surface area contributed by atoms with E-state index in [1.807, 2.05) is 13.8 Å². The van der Waals surface area contributed by atoms with E-state index in [9.17, 15) is 27.6 Å². The number of alkyl halides is 3. The molecule has 0 saturated carbocycles. The number of nitrogens with zero attached hydrogens (tertiary/aromatic N) is 1. The van der Waals surface area contributed by atoms with Gasteiger partial charge in [0.2, 0.25) is 11.8 Å². The highest BCUT2D eigenvalue weighted by Crippen LogP contribution is 2.16. The van der Waals surface area contributed by atoms with Crippen molar-refractivity contribution in [1.29, 1.82) is 0 Å². The number of rotatable bonds is 7. The summed E-state index contributed by atoms with van der Waals surface area (Å²) in [5, 5.41) is 2.83. The van der Waals surface area contributed by atoms with E-state index in [1.165, 1.54) is 0 Å². The van der Waals surface area contributed by atoms with Crippen LogP contribution >= 0.6 is 12.4 Å². The molecule has 2 atom stereocenters. The zero-order valence-electron chi connectivity index (χ0n) is 16.3. The van der Waals surface area contributed by atoms with Crippen molar-refractivity contribution in [3.05, 3.63) is 0 Å². The molecule has 0 spiro atoms. The molecule has 0 radical (unpaired) electrons. The summed E-state index contributed by atoms with van der Waals surface area (Å²) in [7, 11) is 2.89. The predicted octanol–water partition coefficient (Wildman–Crippen LogP) is 1.26. The average Bonchev–Trinajstić information content (AvgIpc) is 2.43. The van der Waals surface area contributed by atoms with Crippen molar-refractivity contribution in [1.82, 2.24) is 10.2 Å². The first-order valence-electron chi connectivity index (χ1n) is 7.87. The molecule has 12 heteroatoms. The second kappa shape index (κ2) is 13.4.